The predicted molar refractivity (Wildman–Crippen MR) is 84.9 cm³/mol. The zero-order valence-electron chi connectivity index (χ0n) is 13.0. The summed E-state index contributed by atoms with van der Waals surface area (Å²) in [5, 5.41) is 0.181. The number of fused-ring (bicyclic) bond motifs is 1. The Morgan fingerprint density at radius 1 is 1.21 bits per heavy atom. The molecule has 0 aliphatic carbocycles. The summed E-state index contributed by atoms with van der Waals surface area (Å²) in [7, 11) is 0. The number of alkyl halides is 3. The molecule has 3 aromatic rings. The maximum Gasteiger partial charge on any atom is 0.449 e. The first-order chi connectivity index (χ1) is 11.4. The summed E-state index contributed by atoms with van der Waals surface area (Å²) in [6.45, 7) is 1.64. The van der Waals surface area contributed by atoms with Gasteiger partial charge in [0.25, 0.3) is 5.56 Å². The number of aromatic amines is 1. The van der Waals surface area contributed by atoms with Crippen LogP contribution >= 0.6 is 0 Å². The molecule has 7 heteroatoms. The Balaban J connectivity index is 1.95. The van der Waals surface area contributed by atoms with Gasteiger partial charge in [0.1, 0.15) is 5.65 Å². The van der Waals surface area contributed by atoms with E-state index in [1.54, 1.807) is 6.92 Å². The topological polar surface area (TPSA) is 50.7 Å². The minimum atomic E-state index is -4.68. The molecule has 0 amide bonds. The lowest BCUT2D eigenvalue weighted by atomic mass is 10.1. The second kappa shape index (κ2) is 6.14. The molecule has 4 nitrogen and oxygen atoms in total. The van der Waals surface area contributed by atoms with Crippen molar-refractivity contribution < 1.29 is 13.2 Å². The lowest BCUT2D eigenvalue weighted by Gasteiger charge is -2.14. The fourth-order valence-corrected chi connectivity index (χ4v) is 2.74. The third-order valence-electron chi connectivity index (χ3n) is 3.82. The fraction of sp³-hybridized carbons (Fsp3) is 0.294. The zero-order chi connectivity index (χ0) is 17.3. The Morgan fingerprint density at radius 2 is 1.92 bits per heavy atom. The van der Waals surface area contributed by atoms with Crippen molar-refractivity contribution >= 4 is 11.0 Å². The molecule has 0 radical (unpaired) electrons. The summed E-state index contributed by atoms with van der Waals surface area (Å²) >= 11 is 0. The average molecular weight is 335 g/mol. The highest BCUT2D eigenvalue weighted by Gasteiger charge is 2.37. The smallest absolute Gasteiger partial charge is 0.343 e. The first kappa shape index (κ1) is 16.3. The molecule has 0 aliphatic rings. The van der Waals surface area contributed by atoms with Gasteiger partial charge in [-0.05, 0) is 31.4 Å². The van der Waals surface area contributed by atoms with Crippen molar-refractivity contribution in [2.24, 2.45) is 0 Å². The SMILES string of the molecule is Cc1cc2c(=O)n(CCCc3ccccc3)c(C(F)(F)F)nc2[nH]1. The van der Waals surface area contributed by atoms with E-state index in [1.807, 2.05) is 30.3 Å². The summed E-state index contributed by atoms with van der Waals surface area (Å²) < 4.78 is 40.6. The van der Waals surface area contributed by atoms with Crippen molar-refractivity contribution in [3.8, 4) is 0 Å². The molecule has 0 fully saturated rings. The van der Waals surface area contributed by atoms with Crippen molar-refractivity contribution in [2.75, 3.05) is 0 Å². The van der Waals surface area contributed by atoms with Gasteiger partial charge in [-0.15, -0.1) is 0 Å². The second-order valence-electron chi connectivity index (χ2n) is 5.69. The Hall–Kier alpha value is -2.57. The number of nitrogens with one attached hydrogen (secondary N) is 1. The number of aromatic nitrogens is 3. The third-order valence-corrected chi connectivity index (χ3v) is 3.82. The van der Waals surface area contributed by atoms with Gasteiger partial charge in [-0.3, -0.25) is 9.36 Å². The normalized spacial score (nSPS) is 12.0. The molecular formula is C17H16F3N3O. The molecule has 0 saturated carbocycles. The number of halogens is 3. The molecule has 2 heterocycles. The summed E-state index contributed by atoms with van der Waals surface area (Å²) in [6, 6.07) is 11.0. The number of benzene rings is 1. The van der Waals surface area contributed by atoms with Crippen LogP contribution in [0.15, 0.2) is 41.2 Å². The van der Waals surface area contributed by atoms with Gasteiger partial charge in [-0.25, -0.2) is 4.98 Å². The molecule has 1 aromatic carbocycles. The molecule has 0 bridgehead atoms. The number of hydrogen-bond acceptors (Lipinski definition) is 2. The van der Waals surface area contributed by atoms with Crippen molar-refractivity contribution in [1.29, 1.82) is 0 Å². The fourth-order valence-electron chi connectivity index (χ4n) is 2.74. The molecule has 3 rings (SSSR count). The van der Waals surface area contributed by atoms with Crippen molar-refractivity contribution in [3.05, 3.63) is 63.8 Å². The number of hydrogen-bond donors (Lipinski definition) is 1. The third kappa shape index (κ3) is 3.20. The predicted octanol–water partition coefficient (Wildman–Crippen LogP) is 3.68. The minimum Gasteiger partial charge on any atom is -0.343 e. The lowest BCUT2D eigenvalue weighted by Crippen LogP contribution is -2.30. The van der Waals surface area contributed by atoms with Crippen LogP contribution in [-0.2, 0) is 19.1 Å². The lowest BCUT2D eigenvalue weighted by molar-refractivity contribution is -0.148. The van der Waals surface area contributed by atoms with Crippen molar-refractivity contribution in [2.45, 2.75) is 32.5 Å². The molecule has 0 spiro atoms. The molecule has 24 heavy (non-hydrogen) atoms. The van der Waals surface area contributed by atoms with Gasteiger partial charge < -0.3 is 4.98 Å². The highest BCUT2D eigenvalue weighted by Crippen LogP contribution is 2.28. The van der Waals surface area contributed by atoms with E-state index in [9.17, 15) is 18.0 Å². The van der Waals surface area contributed by atoms with Crippen LogP contribution in [0.2, 0.25) is 0 Å². The number of H-pyrrole nitrogens is 1. The number of rotatable bonds is 4. The van der Waals surface area contributed by atoms with Gasteiger partial charge in [-0.1, -0.05) is 30.3 Å². The van der Waals surface area contributed by atoms with Gasteiger partial charge in [0.05, 0.1) is 5.39 Å². The van der Waals surface area contributed by atoms with E-state index in [1.165, 1.54) is 6.07 Å². The van der Waals surface area contributed by atoms with Crippen LogP contribution in [0.4, 0.5) is 13.2 Å². The Bertz CT molecular complexity index is 910. The van der Waals surface area contributed by atoms with Gasteiger partial charge >= 0.3 is 6.18 Å². The molecule has 0 unspecified atom stereocenters. The molecule has 1 N–H and O–H groups in total. The van der Waals surface area contributed by atoms with Crippen LogP contribution in [0, 0.1) is 6.92 Å². The maximum absolute atomic E-state index is 13.3. The van der Waals surface area contributed by atoms with Crippen LogP contribution < -0.4 is 5.56 Å². The molecule has 2 aromatic heterocycles. The van der Waals surface area contributed by atoms with Gasteiger partial charge in [0, 0.05) is 12.2 Å². The van der Waals surface area contributed by atoms with Crippen LogP contribution in [-0.4, -0.2) is 14.5 Å². The van der Waals surface area contributed by atoms with Crippen LogP contribution in [0.1, 0.15) is 23.5 Å². The Morgan fingerprint density at radius 3 is 2.58 bits per heavy atom. The monoisotopic (exact) mass is 335 g/mol. The van der Waals surface area contributed by atoms with E-state index in [2.05, 4.69) is 9.97 Å². The Kier molecular flexibility index (Phi) is 4.17. The molecule has 0 aliphatic heterocycles. The first-order valence-electron chi connectivity index (χ1n) is 7.57. The van der Waals surface area contributed by atoms with Crippen molar-refractivity contribution in [3.63, 3.8) is 0 Å². The van der Waals surface area contributed by atoms with Gasteiger partial charge in [-0.2, -0.15) is 13.2 Å². The first-order valence-corrected chi connectivity index (χ1v) is 7.57. The van der Waals surface area contributed by atoms with E-state index < -0.39 is 17.6 Å². The maximum atomic E-state index is 13.3. The highest BCUT2D eigenvalue weighted by molar-refractivity contribution is 5.75. The minimum absolute atomic E-state index is 0.0239. The quantitative estimate of drug-likeness (QED) is 0.791. The standard InChI is InChI=1S/C17H16F3N3O/c1-11-10-13-14(21-11)22-16(17(18,19)20)23(15(13)24)9-5-8-12-6-3-2-4-7-12/h2-4,6-7,10,21H,5,8-9H2,1H3. The molecule has 126 valence electrons. The summed E-state index contributed by atoms with van der Waals surface area (Å²) in [5.41, 5.74) is 0.935. The zero-order valence-corrected chi connectivity index (χ0v) is 13.0. The van der Waals surface area contributed by atoms with E-state index >= 15 is 0 Å². The van der Waals surface area contributed by atoms with E-state index in [0.29, 0.717) is 18.5 Å². The summed E-state index contributed by atoms with van der Waals surface area (Å²) in [4.78, 5) is 18.8. The molecular weight excluding hydrogens is 319 g/mol. The summed E-state index contributed by atoms with van der Waals surface area (Å²) in [6.07, 6.45) is -3.67. The summed E-state index contributed by atoms with van der Waals surface area (Å²) in [5.74, 6) is -1.16. The second-order valence-corrected chi connectivity index (χ2v) is 5.69. The Labute approximate surface area is 136 Å². The van der Waals surface area contributed by atoms with E-state index in [4.69, 9.17) is 0 Å². The van der Waals surface area contributed by atoms with E-state index in [-0.39, 0.29) is 17.6 Å². The van der Waals surface area contributed by atoms with Gasteiger partial charge in [0.15, 0.2) is 0 Å². The average Bonchev–Trinajstić information content (AvgIpc) is 2.90. The molecule has 0 atom stereocenters. The van der Waals surface area contributed by atoms with Crippen LogP contribution in [0.3, 0.4) is 0 Å². The van der Waals surface area contributed by atoms with Gasteiger partial charge in [0.2, 0.25) is 5.82 Å². The molecule has 0 saturated heterocycles. The van der Waals surface area contributed by atoms with Crippen LogP contribution in [0.5, 0.6) is 0 Å². The van der Waals surface area contributed by atoms with Crippen molar-refractivity contribution in [1.82, 2.24) is 14.5 Å². The number of aryl methyl sites for hydroxylation is 2. The van der Waals surface area contributed by atoms with Crippen LogP contribution in [0.25, 0.3) is 11.0 Å². The van der Waals surface area contributed by atoms with E-state index in [0.717, 1.165) is 10.1 Å². The largest absolute Gasteiger partial charge is 0.449 e. The highest BCUT2D eigenvalue weighted by atomic mass is 19.4. The number of nitrogens with zero attached hydrogens (tertiary/aromatic N) is 2.